The quantitative estimate of drug-likeness (QED) is 0.512. The molecule has 1 aromatic rings. The van der Waals surface area contributed by atoms with Crippen LogP contribution < -0.4 is 5.32 Å². The van der Waals surface area contributed by atoms with Gasteiger partial charge in [-0.05, 0) is 43.5 Å². The first-order chi connectivity index (χ1) is 9.90. The Morgan fingerprint density at radius 2 is 2.10 bits per heavy atom. The molecule has 5 heteroatoms. The Kier molecular flexibility index (Phi) is 7.27. The van der Waals surface area contributed by atoms with Gasteiger partial charge in [-0.1, -0.05) is 28.9 Å². The molecule has 0 aliphatic carbocycles. The summed E-state index contributed by atoms with van der Waals surface area (Å²) in [7, 11) is 0. The molecule has 0 heterocycles. The van der Waals surface area contributed by atoms with Crippen molar-refractivity contribution in [3.05, 3.63) is 33.8 Å². The third kappa shape index (κ3) is 5.72. The molecule has 21 heavy (non-hydrogen) atoms. The van der Waals surface area contributed by atoms with Crippen LogP contribution in [0.2, 0.25) is 0 Å². The summed E-state index contributed by atoms with van der Waals surface area (Å²) in [5.74, 6) is 2.56. The second kappa shape index (κ2) is 8.45. The summed E-state index contributed by atoms with van der Waals surface area (Å²) in [4.78, 5) is 0. The van der Waals surface area contributed by atoms with Crippen molar-refractivity contribution < 1.29 is 13.2 Å². The van der Waals surface area contributed by atoms with E-state index >= 15 is 0 Å². The predicted octanol–water partition coefficient (Wildman–Crippen LogP) is 5.31. The zero-order valence-electron chi connectivity index (χ0n) is 11.9. The molecule has 0 aliphatic rings. The van der Waals surface area contributed by atoms with Crippen molar-refractivity contribution >= 4 is 15.9 Å². The first-order valence-corrected chi connectivity index (χ1v) is 7.73. The summed E-state index contributed by atoms with van der Waals surface area (Å²) in [6.45, 7) is 2.78. The number of alkyl halides is 3. The van der Waals surface area contributed by atoms with Crippen molar-refractivity contribution in [2.45, 2.75) is 44.8 Å². The summed E-state index contributed by atoms with van der Waals surface area (Å²) in [6.07, 6.45) is 3.94. The lowest BCUT2D eigenvalue weighted by Gasteiger charge is -2.20. The van der Waals surface area contributed by atoms with Crippen molar-refractivity contribution in [3.63, 3.8) is 0 Å². The summed E-state index contributed by atoms with van der Waals surface area (Å²) >= 11 is 2.96. The fraction of sp³-hybridized carbons (Fsp3) is 0.500. The van der Waals surface area contributed by atoms with Gasteiger partial charge in [-0.25, -0.2) is 0 Å². The molecule has 0 aromatic heterocycles. The van der Waals surface area contributed by atoms with Gasteiger partial charge in [0.15, 0.2) is 0 Å². The fourth-order valence-corrected chi connectivity index (χ4v) is 2.56. The lowest BCUT2D eigenvalue weighted by Crippen LogP contribution is -2.22. The Bertz CT molecular complexity index is 491. The van der Waals surface area contributed by atoms with Crippen LogP contribution >= 0.6 is 15.9 Å². The lowest BCUT2D eigenvalue weighted by molar-refractivity contribution is -0.138. The fourth-order valence-electron chi connectivity index (χ4n) is 2.09. The van der Waals surface area contributed by atoms with E-state index < -0.39 is 11.7 Å². The summed E-state index contributed by atoms with van der Waals surface area (Å²) < 4.78 is 39.0. The minimum absolute atomic E-state index is 0.0663. The van der Waals surface area contributed by atoms with Gasteiger partial charge in [-0.2, -0.15) is 13.2 Å². The number of rotatable bonds is 7. The van der Waals surface area contributed by atoms with Gasteiger partial charge in [0.1, 0.15) is 0 Å². The van der Waals surface area contributed by atoms with Crippen LogP contribution in [0.4, 0.5) is 13.2 Å². The van der Waals surface area contributed by atoms with E-state index in [4.69, 9.17) is 6.42 Å². The molecule has 1 nitrogen and oxygen atoms in total. The molecule has 1 N–H and O–H groups in total. The molecule has 1 atom stereocenters. The Hall–Kier alpha value is -0.990. The maximum absolute atomic E-state index is 13.0. The second-order valence-corrected chi connectivity index (χ2v) is 5.69. The third-order valence-corrected chi connectivity index (χ3v) is 3.84. The molecule has 0 radical (unpaired) electrons. The topological polar surface area (TPSA) is 12.0 Å². The van der Waals surface area contributed by atoms with E-state index in [1.165, 1.54) is 12.1 Å². The molecule has 0 bridgehead atoms. The molecule has 0 saturated carbocycles. The van der Waals surface area contributed by atoms with Gasteiger partial charge in [-0.3, -0.25) is 0 Å². The largest absolute Gasteiger partial charge is 0.417 e. The second-order valence-electron chi connectivity index (χ2n) is 4.84. The van der Waals surface area contributed by atoms with Gasteiger partial charge in [0.2, 0.25) is 0 Å². The molecular formula is C16H19BrF3N. The number of nitrogens with one attached hydrogen (secondary N) is 1. The molecule has 1 rings (SSSR count). The predicted molar refractivity (Wildman–Crippen MR) is 82.9 cm³/mol. The lowest BCUT2D eigenvalue weighted by atomic mass is 9.98. The van der Waals surface area contributed by atoms with Gasteiger partial charge in [0.05, 0.1) is 5.56 Å². The number of unbranched alkanes of at least 4 members (excludes halogenated alkanes) is 1. The maximum atomic E-state index is 13.0. The number of benzene rings is 1. The van der Waals surface area contributed by atoms with Crippen molar-refractivity contribution in [1.82, 2.24) is 5.32 Å². The van der Waals surface area contributed by atoms with Crippen LogP contribution in [-0.4, -0.2) is 6.54 Å². The Morgan fingerprint density at radius 3 is 2.67 bits per heavy atom. The molecule has 1 unspecified atom stereocenters. The highest BCUT2D eigenvalue weighted by atomic mass is 79.9. The van der Waals surface area contributed by atoms with Crippen LogP contribution in [0, 0.1) is 12.3 Å². The van der Waals surface area contributed by atoms with Gasteiger partial charge in [0, 0.05) is 16.9 Å². The van der Waals surface area contributed by atoms with Gasteiger partial charge >= 0.3 is 6.18 Å². The number of terminal acetylenes is 1. The van der Waals surface area contributed by atoms with E-state index in [0.717, 1.165) is 25.8 Å². The van der Waals surface area contributed by atoms with Crippen LogP contribution in [0.3, 0.4) is 0 Å². The first kappa shape index (κ1) is 18.1. The molecule has 0 spiro atoms. The van der Waals surface area contributed by atoms with Crippen molar-refractivity contribution in [2.24, 2.45) is 0 Å². The van der Waals surface area contributed by atoms with E-state index in [2.05, 4.69) is 27.2 Å². The van der Waals surface area contributed by atoms with E-state index in [-0.39, 0.29) is 10.5 Å². The van der Waals surface area contributed by atoms with Gasteiger partial charge in [-0.15, -0.1) is 12.3 Å². The van der Waals surface area contributed by atoms with Gasteiger partial charge in [0.25, 0.3) is 0 Å². The highest BCUT2D eigenvalue weighted by Crippen LogP contribution is 2.36. The first-order valence-electron chi connectivity index (χ1n) is 6.93. The summed E-state index contributed by atoms with van der Waals surface area (Å²) in [6, 6.07) is 4.29. The summed E-state index contributed by atoms with van der Waals surface area (Å²) in [5, 5.41) is 3.29. The Labute approximate surface area is 132 Å². The molecule has 1 aromatic carbocycles. The molecule has 0 aliphatic heterocycles. The molecule has 0 amide bonds. The van der Waals surface area contributed by atoms with Crippen LogP contribution in [0.15, 0.2) is 22.7 Å². The third-order valence-electron chi connectivity index (χ3n) is 3.15. The van der Waals surface area contributed by atoms with Crippen molar-refractivity contribution in [1.29, 1.82) is 0 Å². The highest BCUT2D eigenvalue weighted by molar-refractivity contribution is 9.10. The SMILES string of the molecule is C#CCCCC(NCCC)c1ccc(Br)c(C(F)(F)F)c1. The zero-order valence-corrected chi connectivity index (χ0v) is 13.5. The number of hydrogen-bond acceptors (Lipinski definition) is 1. The smallest absolute Gasteiger partial charge is 0.310 e. The van der Waals surface area contributed by atoms with Crippen LogP contribution in [0.5, 0.6) is 0 Å². The van der Waals surface area contributed by atoms with Crippen LogP contribution in [0.25, 0.3) is 0 Å². The van der Waals surface area contributed by atoms with Crippen molar-refractivity contribution in [3.8, 4) is 12.3 Å². The molecule has 116 valence electrons. The van der Waals surface area contributed by atoms with Gasteiger partial charge < -0.3 is 5.32 Å². The maximum Gasteiger partial charge on any atom is 0.417 e. The minimum atomic E-state index is -4.36. The van der Waals surface area contributed by atoms with E-state index in [9.17, 15) is 13.2 Å². The zero-order chi connectivity index (χ0) is 15.9. The highest BCUT2D eigenvalue weighted by Gasteiger charge is 2.33. The Balaban J connectivity index is 2.98. The Morgan fingerprint density at radius 1 is 1.38 bits per heavy atom. The normalized spacial score (nSPS) is 13.0. The van der Waals surface area contributed by atoms with Crippen LogP contribution in [-0.2, 0) is 6.18 Å². The molecule has 0 fully saturated rings. The number of halogens is 4. The van der Waals surface area contributed by atoms with E-state index in [1.54, 1.807) is 6.07 Å². The van der Waals surface area contributed by atoms with Crippen LogP contribution in [0.1, 0.15) is 49.8 Å². The van der Waals surface area contributed by atoms with Crippen molar-refractivity contribution in [2.75, 3.05) is 6.54 Å². The number of hydrogen-bond donors (Lipinski definition) is 1. The standard InChI is InChI=1S/C16H19BrF3N/c1-3-5-6-7-15(21-10-4-2)12-8-9-14(17)13(11-12)16(18,19)20/h1,8-9,11,15,21H,4-7,10H2,2H3. The summed E-state index contributed by atoms with van der Waals surface area (Å²) in [5.41, 5.74) is 0.0104. The average Bonchev–Trinajstić information content (AvgIpc) is 2.42. The molecule has 0 saturated heterocycles. The molecular weight excluding hydrogens is 343 g/mol. The van der Waals surface area contributed by atoms with E-state index in [1.807, 2.05) is 6.92 Å². The average molecular weight is 362 g/mol. The monoisotopic (exact) mass is 361 g/mol. The minimum Gasteiger partial charge on any atom is -0.310 e. The van der Waals surface area contributed by atoms with E-state index in [0.29, 0.717) is 12.0 Å².